The predicted octanol–water partition coefficient (Wildman–Crippen LogP) is 4.14. The van der Waals surface area contributed by atoms with Crippen LogP contribution in [0, 0.1) is 0 Å². The zero-order valence-corrected chi connectivity index (χ0v) is 10.8. The van der Waals surface area contributed by atoms with Gasteiger partial charge in [0.2, 0.25) is 0 Å². The molecular formula is C14H16ClNO. The first-order valence-electron chi connectivity index (χ1n) is 5.68. The second-order valence-electron chi connectivity index (χ2n) is 4.26. The summed E-state index contributed by atoms with van der Waals surface area (Å²) >= 11 is 6.09. The number of fused-ring (bicyclic) bond motifs is 1. The Bertz CT molecular complexity index is 538. The SMILES string of the molecule is CC(C)=CCNCc1c(Cl)oc2ccccc12. The van der Waals surface area contributed by atoms with Gasteiger partial charge >= 0.3 is 0 Å². The summed E-state index contributed by atoms with van der Waals surface area (Å²) in [6.07, 6.45) is 2.15. The average Bonchev–Trinajstić information content (AvgIpc) is 2.60. The molecule has 0 fully saturated rings. The van der Waals surface area contributed by atoms with Crippen molar-refractivity contribution in [2.45, 2.75) is 20.4 Å². The fraction of sp³-hybridized carbons (Fsp3) is 0.286. The lowest BCUT2D eigenvalue weighted by atomic mass is 10.2. The van der Waals surface area contributed by atoms with E-state index in [1.165, 1.54) is 5.57 Å². The Kier molecular flexibility index (Phi) is 3.87. The third-order valence-electron chi connectivity index (χ3n) is 2.61. The van der Waals surface area contributed by atoms with E-state index in [0.717, 1.165) is 29.6 Å². The molecule has 0 aliphatic rings. The van der Waals surface area contributed by atoms with Crippen molar-refractivity contribution < 1.29 is 4.42 Å². The van der Waals surface area contributed by atoms with Gasteiger partial charge in [-0.1, -0.05) is 29.8 Å². The number of furan rings is 1. The van der Waals surface area contributed by atoms with E-state index in [4.69, 9.17) is 16.0 Å². The molecule has 0 aliphatic carbocycles. The number of nitrogens with one attached hydrogen (secondary N) is 1. The number of benzene rings is 1. The minimum Gasteiger partial charge on any atom is -0.444 e. The number of para-hydroxylation sites is 1. The normalized spacial score (nSPS) is 10.8. The second kappa shape index (κ2) is 5.39. The first kappa shape index (κ1) is 12.2. The van der Waals surface area contributed by atoms with E-state index in [-0.39, 0.29) is 0 Å². The van der Waals surface area contributed by atoms with Gasteiger partial charge in [0.25, 0.3) is 0 Å². The van der Waals surface area contributed by atoms with Crippen molar-refractivity contribution >= 4 is 22.6 Å². The zero-order chi connectivity index (χ0) is 12.3. The van der Waals surface area contributed by atoms with E-state index < -0.39 is 0 Å². The molecule has 0 radical (unpaired) electrons. The predicted molar refractivity (Wildman–Crippen MR) is 72.4 cm³/mol. The van der Waals surface area contributed by atoms with Crippen LogP contribution in [0.25, 0.3) is 11.0 Å². The van der Waals surface area contributed by atoms with E-state index in [9.17, 15) is 0 Å². The summed E-state index contributed by atoms with van der Waals surface area (Å²) in [4.78, 5) is 0. The molecule has 2 aromatic rings. The van der Waals surface area contributed by atoms with Crippen molar-refractivity contribution in [3.05, 3.63) is 46.7 Å². The van der Waals surface area contributed by atoms with E-state index >= 15 is 0 Å². The van der Waals surface area contributed by atoms with E-state index in [1.807, 2.05) is 24.3 Å². The third kappa shape index (κ3) is 2.90. The second-order valence-corrected chi connectivity index (χ2v) is 4.61. The van der Waals surface area contributed by atoms with Gasteiger partial charge in [0.1, 0.15) is 5.58 Å². The fourth-order valence-corrected chi connectivity index (χ4v) is 1.96. The van der Waals surface area contributed by atoms with E-state index in [2.05, 4.69) is 25.2 Å². The number of hydrogen-bond donors (Lipinski definition) is 1. The number of hydrogen-bond acceptors (Lipinski definition) is 2. The molecule has 17 heavy (non-hydrogen) atoms. The highest BCUT2D eigenvalue weighted by molar-refractivity contribution is 6.30. The van der Waals surface area contributed by atoms with Crippen molar-refractivity contribution in [3.8, 4) is 0 Å². The lowest BCUT2D eigenvalue weighted by Crippen LogP contribution is -2.13. The molecule has 2 nitrogen and oxygen atoms in total. The Morgan fingerprint density at radius 3 is 2.88 bits per heavy atom. The Labute approximate surface area is 106 Å². The maximum Gasteiger partial charge on any atom is 0.199 e. The Morgan fingerprint density at radius 1 is 1.35 bits per heavy atom. The van der Waals surface area contributed by atoms with Crippen molar-refractivity contribution in [3.63, 3.8) is 0 Å². The fourth-order valence-electron chi connectivity index (χ4n) is 1.71. The molecule has 1 aromatic heterocycles. The zero-order valence-electron chi connectivity index (χ0n) is 10.1. The van der Waals surface area contributed by atoms with Gasteiger partial charge in [-0.15, -0.1) is 0 Å². The Balaban J connectivity index is 2.13. The topological polar surface area (TPSA) is 25.2 Å². The largest absolute Gasteiger partial charge is 0.444 e. The number of halogens is 1. The van der Waals surface area contributed by atoms with Gasteiger partial charge in [-0.25, -0.2) is 0 Å². The smallest absolute Gasteiger partial charge is 0.199 e. The molecule has 0 bridgehead atoms. The third-order valence-corrected chi connectivity index (χ3v) is 2.91. The van der Waals surface area contributed by atoms with Crippen molar-refractivity contribution in [1.29, 1.82) is 0 Å². The van der Waals surface area contributed by atoms with Gasteiger partial charge in [-0.05, 0) is 31.5 Å². The van der Waals surface area contributed by atoms with Crippen LogP contribution in [-0.4, -0.2) is 6.54 Å². The first-order valence-corrected chi connectivity index (χ1v) is 6.06. The molecule has 3 heteroatoms. The van der Waals surface area contributed by atoms with Gasteiger partial charge < -0.3 is 9.73 Å². The van der Waals surface area contributed by atoms with Crippen molar-refractivity contribution in [2.75, 3.05) is 6.54 Å². The van der Waals surface area contributed by atoms with Gasteiger partial charge in [-0.2, -0.15) is 0 Å². The number of rotatable bonds is 4. The van der Waals surface area contributed by atoms with Crippen LogP contribution < -0.4 is 5.32 Å². The maximum atomic E-state index is 6.09. The Morgan fingerprint density at radius 2 is 2.12 bits per heavy atom. The molecule has 0 spiro atoms. The lowest BCUT2D eigenvalue weighted by molar-refractivity contribution is 0.608. The number of allylic oxidation sites excluding steroid dienone is 1. The minimum absolute atomic E-state index is 0.482. The van der Waals surface area contributed by atoms with Gasteiger partial charge in [0, 0.05) is 24.0 Å². The van der Waals surface area contributed by atoms with Crippen LogP contribution in [0.4, 0.5) is 0 Å². The summed E-state index contributed by atoms with van der Waals surface area (Å²) in [5, 5.41) is 4.90. The quantitative estimate of drug-likeness (QED) is 0.651. The van der Waals surface area contributed by atoms with Crippen molar-refractivity contribution in [1.82, 2.24) is 5.32 Å². The van der Waals surface area contributed by atoms with Crippen LogP contribution in [0.2, 0.25) is 5.22 Å². The molecule has 0 atom stereocenters. The molecule has 0 aliphatic heterocycles. The molecule has 0 saturated carbocycles. The van der Waals surface area contributed by atoms with Gasteiger partial charge in [0.15, 0.2) is 5.22 Å². The summed E-state index contributed by atoms with van der Waals surface area (Å²) in [6, 6.07) is 7.90. The molecule has 0 unspecified atom stereocenters. The highest BCUT2D eigenvalue weighted by atomic mass is 35.5. The summed E-state index contributed by atoms with van der Waals surface area (Å²) in [5.41, 5.74) is 3.18. The summed E-state index contributed by atoms with van der Waals surface area (Å²) in [5.74, 6) is 0. The molecule has 90 valence electrons. The molecule has 1 heterocycles. The summed E-state index contributed by atoms with van der Waals surface area (Å²) < 4.78 is 5.49. The highest BCUT2D eigenvalue weighted by Gasteiger charge is 2.10. The standard InChI is InChI=1S/C14H16ClNO/c1-10(2)7-8-16-9-12-11-5-3-4-6-13(11)17-14(12)15/h3-7,16H,8-9H2,1-2H3. The molecule has 1 N–H and O–H groups in total. The van der Waals surface area contributed by atoms with Gasteiger partial charge in [-0.3, -0.25) is 0 Å². The maximum absolute atomic E-state index is 6.09. The molecule has 0 saturated heterocycles. The van der Waals surface area contributed by atoms with Crippen LogP contribution in [-0.2, 0) is 6.54 Å². The average molecular weight is 250 g/mol. The van der Waals surface area contributed by atoms with E-state index in [1.54, 1.807) is 0 Å². The van der Waals surface area contributed by atoms with Crippen LogP contribution in [0.1, 0.15) is 19.4 Å². The first-order chi connectivity index (χ1) is 8.18. The van der Waals surface area contributed by atoms with Crippen molar-refractivity contribution in [2.24, 2.45) is 0 Å². The Hall–Kier alpha value is -1.25. The molecule has 2 rings (SSSR count). The monoisotopic (exact) mass is 249 g/mol. The van der Waals surface area contributed by atoms with Crippen LogP contribution >= 0.6 is 11.6 Å². The molecule has 0 amide bonds. The summed E-state index contributed by atoms with van der Waals surface area (Å²) in [7, 11) is 0. The van der Waals surface area contributed by atoms with Crippen LogP contribution in [0.3, 0.4) is 0 Å². The van der Waals surface area contributed by atoms with Crippen LogP contribution in [0.15, 0.2) is 40.3 Å². The minimum atomic E-state index is 0.482. The summed E-state index contributed by atoms with van der Waals surface area (Å²) in [6.45, 7) is 5.74. The molecular weight excluding hydrogens is 234 g/mol. The van der Waals surface area contributed by atoms with Crippen LogP contribution in [0.5, 0.6) is 0 Å². The lowest BCUT2D eigenvalue weighted by Gasteiger charge is -2.00. The van der Waals surface area contributed by atoms with Gasteiger partial charge in [0.05, 0.1) is 0 Å². The molecule has 1 aromatic carbocycles. The van der Waals surface area contributed by atoms with E-state index in [0.29, 0.717) is 5.22 Å². The highest BCUT2D eigenvalue weighted by Crippen LogP contribution is 2.29.